The smallest absolute Gasteiger partial charge is 0.291 e. The quantitative estimate of drug-likeness (QED) is 0.402. The van der Waals surface area contributed by atoms with Crippen molar-refractivity contribution in [1.29, 1.82) is 0 Å². The van der Waals surface area contributed by atoms with Gasteiger partial charge in [0.15, 0.2) is 11.5 Å². The van der Waals surface area contributed by atoms with Gasteiger partial charge in [-0.2, -0.15) is 0 Å². The van der Waals surface area contributed by atoms with E-state index in [-0.39, 0.29) is 29.7 Å². The third-order valence-electron chi connectivity index (χ3n) is 6.22. The van der Waals surface area contributed by atoms with E-state index in [1.54, 1.807) is 31.2 Å². The number of carbonyl (C=O) groups excluding carboxylic acids is 2. The van der Waals surface area contributed by atoms with E-state index in [2.05, 4.69) is 5.32 Å². The third kappa shape index (κ3) is 3.48. The van der Waals surface area contributed by atoms with Crippen molar-refractivity contribution in [2.75, 3.05) is 5.32 Å². The van der Waals surface area contributed by atoms with Gasteiger partial charge in [-0.05, 0) is 62.2 Å². The number of rotatable bonds is 3. The second kappa shape index (κ2) is 7.59. The van der Waals surface area contributed by atoms with E-state index in [1.807, 2.05) is 38.1 Å². The van der Waals surface area contributed by atoms with Gasteiger partial charge in [0.25, 0.3) is 5.91 Å². The summed E-state index contributed by atoms with van der Waals surface area (Å²) in [5, 5.41) is 3.46. The number of hydrogen-bond donors (Lipinski definition) is 1. The van der Waals surface area contributed by atoms with Gasteiger partial charge in [0, 0.05) is 16.6 Å². The van der Waals surface area contributed by atoms with Gasteiger partial charge in [0.1, 0.15) is 22.8 Å². The molecule has 0 saturated heterocycles. The van der Waals surface area contributed by atoms with Crippen molar-refractivity contribution in [2.45, 2.75) is 32.8 Å². The molecule has 1 atom stereocenters. The second-order valence-corrected chi connectivity index (χ2v) is 8.58. The van der Waals surface area contributed by atoms with Crippen LogP contribution in [0.25, 0.3) is 11.0 Å². The van der Waals surface area contributed by atoms with E-state index < -0.39 is 5.60 Å². The highest BCUT2D eigenvalue weighted by Crippen LogP contribution is 2.44. The fourth-order valence-corrected chi connectivity index (χ4v) is 4.43. The molecular weight excluding hydrogens is 421 g/mol. The van der Waals surface area contributed by atoms with Crippen LogP contribution in [0.4, 0.5) is 10.1 Å². The Morgan fingerprint density at radius 2 is 1.76 bits per heavy atom. The lowest BCUT2D eigenvalue weighted by atomic mass is 9.84. The number of Topliss-reactive ketones (excluding diaryl/α,β-unsaturated/α-hetero) is 1. The zero-order valence-corrected chi connectivity index (χ0v) is 18.5. The largest absolute Gasteiger partial charge is 0.482 e. The van der Waals surface area contributed by atoms with Crippen LogP contribution in [0.2, 0.25) is 0 Å². The summed E-state index contributed by atoms with van der Waals surface area (Å²) in [7, 11) is 0. The molecule has 0 fully saturated rings. The average Bonchev–Trinajstić information content (AvgIpc) is 3.12. The fourth-order valence-electron chi connectivity index (χ4n) is 4.43. The molecule has 1 aromatic heterocycles. The summed E-state index contributed by atoms with van der Waals surface area (Å²) in [5.41, 5.74) is 2.85. The molecule has 0 bridgehead atoms. The van der Waals surface area contributed by atoms with E-state index in [0.29, 0.717) is 39.1 Å². The van der Waals surface area contributed by atoms with E-state index >= 15 is 0 Å². The molecule has 0 radical (unpaired) electrons. The van der Waals surface area contributed by atoms with Crippen molar-refractivity contribution in [3.8, 4) is 5.75 Å². The lowest BCUT2D eigenvalue weighted by molar-refractivity contribution is 0.0507. The summed E-state index contributed by atoms with van der Waals surface area (Å²) >= 11 is 0. The predicted octanol–water partition coefficient (Wildman–Crippen LogP) is 6.32. The van der Waals surface area contributed by atoms with Gasteiger partial charge < -0.3 is 14.5 Å². The molecule has 166 valence electrons. The molecule has 5 rings (SSSR count). The molecule has 6 heteroatoms. The Labute approximate surface area is 190 Å². The predicted molar refractivity (Wildman–Crippen MR) is 123 cm³/mol. The van der Waals surface area contributed by atoms with Crippen LogP contribution in [0.5, 0.6) is 5.75 Å². The van der Waals surface area contributed by atoms with E-state index in [1.165, 1.54) is 12.1 Å². The molecule has 0 spiro atoms. The number of hydrogen-bond acceptors (Lipinski definition) is 4. The molecule has 2 heterocycles. The number of furan rings is 1. The number of fused-ring (bicyclic) bond motifs is 3. The number of ketones is 1. The van der Waals surface area contributed by atoms with Crippen molar-refractivity contribution in [3.05, 3.63) is 94.5 Å². The molecular formula is C27H22FNO4. The molecule has 5 nitrogen and oxygen atoms in total. The van der Waals surface area contributed by atoms with Crippen LogP contribution >= 0.6 is 0 Å². The summed E-state index contributed by atoms with van der Waals surface area (Å²) < 4.78 is 25.5. The number of amides is 1. The molecule has 4 aromatic rings. The zero-order valence-electron chi connectivity index (χ0n) is 18.5. The fraction of sp³-hybridized carbons (Fsp3) is 0.185. The van der Waals surface area contributed by atoms with Gasteiger partial charge in [0.05, 0.1) is 12.0 Å². The van der Waals surface area contributed by atoms with Crippen molar-refractivity contribution >= 4 is 28.3 Å². The summed E-state index contributed by atoms with van der Waals surface area (Å²) in [6.45, 7) is 5.49. The van der Waals surface area contributed by atoms with Gasteiger partial charge in [-0.3, -0.25) is 9.59 Å². The van der Waals surface area contributed by atoms with Gasteiger partial charge in [0.2, 0.25) is 0 Å². The molecule has 1 N–H and O–H groups in total. The maximum absolute atomic E-state index is 13.4. The Morgan fingerprint density at radius 3 is 2.48 bits per heavy atom. The Bertz CT molecular complexity index is 1420. The normalized spacial score (nSPS) is 17.5. The van der Waals surface area contributed by atoms with Crippen LogP contribution in [0, 0.1) is 19.7 Å². The lowest BCUT2D eigenvalue weighted by Crippen LogP contribution is -2.36. The standard InChI is InChI=1S/C27H22FNO4/c1-15-6-4-5-7-19(15)29-26(31)25-16(2)23-21(32-25)12-13-22-24(23)20(30)14-27(3,33-22)17-8-10-18(28)11-9-17/h4-13H,14H2,1-3H3,(H,29,31)/t27-/m0/s1. The number of carbonyl (C=O) groups is 2. The highest BCUT2D eigenvalue weighted by Gasteiger charge is 2.40. The minimum Gasteiger partial charge on any atom is -0.482 e. The number of nitrogens with one attached hydrogen (secondary N) is 1. The topological polar surface area (TPSA) is 68.5 Å². The molecule has 1 aliphatic rings. The van der Waals surface area contributed by atoms with Crippen molar-refractivity contribution < 1.29 is 23.1 Å². The van der Waals surface area contributed by atoms with Crippen LogP contribution in [0.1, 0.15) is 50.9 Å². The highest BCUT2D eigenvalue weighted by molar-refractivity contribution is 6.15. The molecule has 0 saturated carbocycles. The van der Waals surface area contributed by atoms with Crippen LogP contribution in [0.15, 0.2) is 65.1 Å². The first-order valence-corrected chi connectivity index (χ1v) is 10.7. The number of aryl methyl sites for hydroxylation is 2. The monoisotopic (exact) mass is 443 g/mol. The Kier molecular flexibility index (Phi) is 4.81. The highest BCUT2D eigenvalue weighted by atomic mass is 19.1. The molecule has 33 heavy (non-hydrogen) atoms. The maximum Gasteiger partial charge on any atom is 0.291 e. The third-order valence-corrected chi connectivity index (χ3v) is 6.22. The molecule has 1 amide bonds. The van der Waals surface area contributed by atoms with Gasteiger partial charge >= 0.3 is 0 Å². The first-order valence-electron chi connectivity index (χ1n) is 10.7. The van der Waals surface area contributed by atoms with Crippen LogP contribution < -0.4 is 10.1 Å². The Morgan fingerprint density at radius 1 is 1.03 bits per heavy atom. The van der Waals surface area contributed by atoms with E-state index in [9.17, 15) is 14.0 Å². The van der Waals surface area contributed by atoms with Gasteiger partial charge in [-0.15, -0.1) is 0 Å². The number of para-hydroxylation sites is 1. The number of halogens is 1. The van der Waals surface area contributed by atoms with Crippen LogP contribution in [0.3, 0.4) is 0 Å². The second-order valence-electron chi connectivity index (χ2n) is 8.58. The summed E-state index contributed by atoms with van der Waals surface area (Å²) in [6.07, 6.45) is 0.0834. The first-order chi connectivity index (χ1) is 15.8. The molecule has 1 aliphatic heterocycles. The molecule has 3 aromatic carbocycles. The van der Waals surface area contributed by atoms with E-state index in [4.69, 9.17) is 9.15 Å². The molecule has 0 unspecified atom stereocenters. The van der Waals surface area contributed by atoms with Gasteiger partial charge in [-0.1, -0.05) is 30.3 Å². The summed E-state index contributed by atoms with van der Waals surface area (Å²) in [6, 6.07) is 16.8. The number of ether oxygens (including phenoxy) is 1. The SMILES string of the molecule is Cc1ccccc1NC(=O)c1oc2ccc3c(c2c1C)C(=O)C[C@@](C)(c1ccc(F)cc1)O3. The van der Waals surface area contributed by atoms with Crippen LogP contribution in [-0.2, 0) is 5.60 Å². The van der Waals surface area contributed by atoms with E-state index in [0.717, 1.165) is 5.56 Å². The number of benzene rings is 3. The zero-order chi connectivity index (χ0) is 23.3. The number of anilines is 1. The minimum atomic E-state index is -0.922. The van der Waals surface area contributed by atoms with Crippen molar-refractivity contribution in [1.82, 2.24) is 0 Å². The Balaban J connectivity index is 1.55. The maximum atomic E-state index is 13.4. The van der Waals surface area contributed by atoms with Gasteiger partial charge in [-0.25, -0.2) is 4.39 Å². The van der Waals surface area contributed by atoms with Crippen LogP contribution in [-0.4, -0.2) is 11.7 Å². The Hall–Kier alpha value is -3.93. The minimum absolute atomic E-state index is 0.0834. The first kappa shape index (κ1) is 20.9. The summed E-state index contributed by atoms with van der Waals surface area (Å²) in [5.74, 6) is -0.283. The average molecular weight is 443 g/mol. The molecule has 0 aliphatic carbocycles. The van der Waals surface area contributed by atoms with Crippen molar-refractivity contribution in [3.63, 3.8) is 0 Å². The van der Waals surface area contributed by atoms with Crippen molar-refractivity contribution in [2.24, 2.45) is 0 Å². The summed E-state index contributed by atoms with van der Waals surface area (Å²) in [4.78, 5) is 26.3. The lowest BCUT2D eigenvalue weighted by Gasteiger charge is -2.35.